The van der Waals surface area contributed by atoms with Gasteiger partial charge in [-0.15, -0.1) is 0 Å². The number of H-pyrrole nitrogens is 1. The number of anilines is 1. The van der Waals surface area contributed by atoms with Gasteiger partial charge in [0.1, 0.15) is 6.54 Å². The zero-order chi connectivity index (χ0) is 22.4. The van der Waals surface area contributed by atoms with Gasteiger partial charge in [-0.3, -0.25) is 9.59 Å². The topological polar surface area (TPSA) is 97.8 Å². The summed E-state index contributed by atoms with van der Waals surface area (Å²) in [5, 5.41) is 3.42. The predicted octanol–water partition coefficient (Wildman–Crippen LogP) is 1.55. The quantitative estimate of drug-likeness (QED) is 0.483. The Labute approximate surface area is 181 Å². The molecule has 31 heavy (non-hydrogen) atoms. The molecule has 3 aromatic rings. The van der Waals surface area contributed by atoms with E-state index in [1.165, 1.54) is 14.2 Å². The lowest BCUT2D eigenvalue weighted by atomic mass is 10.1. The molecule has 1 heterocycles. The Morgan fingerprint density at radius 3 is 2.52 bits per heavy atom. The Morgan fingerprint density at radius 2 is 1.84 bits per heavy atom. The smallest absolute Gasteiger partial charge is 0.279 e. The molecule has 0 aliphatic heterocycles. The van der Waals surface area contributed by atoms with Gasteiger partial charge in [0, 0.05) is 11.8 Å². The standard InChI is InChI=1S/C23H28N4O4/c1-5-15-9-7-8-10-17(15)25-22(28)14-27(6-2)13-21-24-18-12-20(31-4)19(30-3)11-16(18)23(29)26-21/h7-12H,5-6,13-14H2,1-4H3,(H,25,28)(H,24,26,29)/p+1. The van der Waals surface area contributed by atoms with Crippen molar-refractivity contribution >= 4 is 22.5 Å². The Bertz CT molecular complexity index is 1130. The molecule has 0 aliphatic carbocycles. The zero-order valence-electron chi connectivity index (χ0n) is 18.4. The van der Waals surface area contributed by atoms with E-state index in [0.29, 0.717) is 41.3 Å². The van der Waals surface area contributed by atoms with E-state index in [1.54, 1.807) is 12.1 Å². The number of rotatable bonds is 9. The summed E-state index contributed by atoms with van der Waals surface area (Å²) in [4.78, 5) is 33.6. The first kappa shape index (κ1) is 22.3. The minimum atomic E-state index is -0.252. The van der Waals surface area contributed by atoms with Crippen molar-refractivity contribution in [3.8, 4) is 11.5 Å². The zero-order valence-corrected chi connectivity index (χ0v) is 18.4. The highest BCUT2D eigenvalue weighted by atomic mass is 16.5. The maximum absolute atomic E-state index is 12.6. The molecule has 0 spiro atoms. The fourth-order valence-electron chi connectivity index (χ4n) is 3.52. The lowest BCUT2D eigenvalue weighted by molar-refractivity contribution is -0.904. The molecule has 8 heteroatoms. The molecule has 3 rings (SSSR count). The van der Waals surface area contributed by atoms with E-state index in [-0.39, 0.29) is 18.0 Å². The number of hydrogen-bond acceptors (Lipinski definition) is 5. The number of methoxy groups -OCH3 is 2. The third-order valence-corrected chi connectivity index (χ3v) is 5.26. The molecule has 2 aromatic carbocycles. The van der Waals surface area contributed by atoms with Crippen LogP contribution in [-0.2, 0) is 17.8 Å². The number of carbonyl (C=O) groups is 1. The van der Waals surface area contributed by atoms with Crippen molar-refractivity contribution in [2.75, 3.05) is 32.6 Å². The van der Waals surface area contributed by atoms with Crippen molar-refractivity contribution in [2.24, 2.45) is 0 Å². The Hall–Kier alpha value is -3.39. The van der Waals surface area contributed by atoms with Crippen LogP contribution in [0.15, 0.2) is 41.2 Å². The number of likely N-dealkylation sites (N-methyl/N-ethyl adjacent to an activating group) is 1. The summed E-state index contributed by atoms with van der Waals surface area (Å²) >= 11 is 0. The molecule has 1 aromatic heterocycles. The van der Waals surface area contributed by atoms with Gasteiger partial charge in [-0.2, -0.15) is 0 Å². The van der Waals surface area contributed by atoms with Crippen LogP contribution in [-0.4, -0.2) is 43.2 Å². The number of aromatic nitrogens is 2. The molecule has 0 aliphatic rings. The largest absolute Gasteiger partial charge is 0.493 e. The normalized spacial score (nSPS) is 11.9. The van der Waals surface area contributed by atoms with Crippen LogP contribution in [0.3, 0.4) is 0 Å². The van der Waals surface area contributed by atoms with Gasteiger partial charge in [-0.05, 0) is 31.0 Å². The summed E-state index contributed by atoms with van der Waals surface area (Å²) in [7, 11) is 3.06. The van der Waals surface area contributed by atoms with Crippen LogP contribution < -0.4 is 25.2 Å². The van der Waals surface area contributed by atoms with E-state index >= 15 is 0 Å². The average molecular weight is 426 g/mol. The molecule has 3 N–H and O–H groups in total. The fraction of sp³-hybridized carbons (Fsp3) is 0.348. The highest BCUT2D eigenvalue weighted by Gasteiger charge is 2.17. The summed E-state index contributed by atoms with van der Waals surface area (Å²) < 4.78 is 10.6. The van der Waals surface area contributed by atoms with Crippen LogP contribution >= 0.6 is 0 Å². The van der Waals surface area contributed by atoms with Crippen LogP contribution in [0.25, 0.3) is 10.9 Å². The van der Waals surface area contributed by atoms with Crippen LogP contribution in [0, 0.1) is 0 Å². The number of aryl methyl sites for hydroxylation is 1. The molecule has 0 radical (unpaired) electrons. The molecule has 8 nitrogen and oxygen atoms in total. The molecule has 0 bridgehead atoms. The number of carbonyl (C=O) groups excluding carboxylic acids is 1. The molecule has 1 unspecified atom stereocenters. The van der Waals surface area contributed by atoms with Crippen LogP contribution in [0.4, 0.5) is 5.69 Å². The summed E-state index contributed by atoms with van der Waals surface area (Å²) in [6.07, 6.45) is 0.845. The van der Waals surface area contributed by atoms with Gasteiger partial charge in [0.05, 0.1) is 31.7 Å². The second-order valence-corrected chi connectivity index (χ2v) is 7.25. The second kappa shape index (κ2) is 10.1. The summed E-state index contributed by atoms with van der Waals surface area (Å²) in [6, 6.07) is 11.1. The minimum absolute atomic E-state index is 0.0766. The monoisotopic (exact) mass is 425 g/mol. The Balaban J connectivity index is 1.78. The first-order valence-electron chi connectivity index (χ1n) is 10.3. The lowest BCUT2D eigenvalue weighted by Crippen LogP contribution is -3.11. The molecule has 164 valence electrons. The molecular formula is C23H29N4O4+. The molecule has 1 atom stereocenters. The van der Waals surface area contributed by atoms with Gasteiger partial charge in [0.2, 0.25) is 0 Å². The number of benzene rings is 2. The van der Waals surface area contributed by atoms with Crippen LogP contribution in [0.2, 0.25) is 0 Å². The summed E-state index contributed by atoms with van der Waals surface area (Å²) in [5.74, 6) is 1.42. The number of hydrogen-bond donors (Lipinski definition) is 3. The first-order valence-corrected chi connectivity index (χ1v) is 10.3. The third kappa shape index (κ3) is 5.21. The molecule has 0 saturated heterocycles. The van der Waals surface area contributed by atoms with Gasteiger partial charge in [0.15, 0.2) is 23.9 Å². The maximum Gasteiger partial charge on any atom is 0.279 e. The number of aromatic amines is 1. The van der Waals surface area contributed by atoms with E-state index in [9.17, 15) is 9.59 Å². The lowest BCUT2D eigenvalue weighted by Gasteiger charge is -2.18. The number of para-hydroxylation sites is 1. The number of quaternary nitrogens is 1. The van der Waals surface area contributed by atoms with E-state index in [0.717, 1.165) is 22.6 Å². The van der Waals surface area contributed by atoms with Crippen LogP contribution in [0.1, 0.15) is 25.2 Å². The van der Waals surface area contributed by atoms with E-state index in [2.05, 4.69) is 22.2 Å². The number of ether oxygens (including phenoxy) is 2. The molecular weight excluding hydrogens is 396 g/mol. The summed E-state index contributed by atoms with van der Waals surface area (Å²) in [5.41, 5.74) is 2.20. The van der Waals surface area contributed by atoms with Crippen molar-refractivity contribution in [3.05, 3.63) is 58.1 Å². The van der Waals surface area contributed by atoms with Crippen molar-refractivity contribution in [2.45, 2.75) is 26.8 Å². The number of nitrogens with zero attached hydrogens (tertiary/aromatic N) is 1. The van der Waals surface area contributed by atoms with Crippen molar-refractivity contribution in [3.63, 3.8) is 0 Å². The Morgan fingerprint density at radius 1 is 1.13 bits per heavy atom. The van der Waals surface area contributed by atoms with Gasteiger partial charge in [0.25, 0.3) is 11.5 Å². The minimum Gasteiger partial charge on any atom is -0.493 e. The SMILES string of the molecule is CCc1ccccc1NC(=O)C[NH+](CC)Cc1nc2cc(OC)c(OC)cc2c(=O)[nH]1. The highest BCUT2D eigenvalue weighted by molar-refractivity contribution is 5.92. The third-order valence-electron chi connectivity index (χ3n) is 5.26. The van der Waals surface area contributed by atoms with Crippen molar-refractivity contribution in [1.29, 1.82) is 0 Å². The number of fused-ring (bicyclic) bond motifs is 1. The average Bonchev–Trinajstić information content (AvgIpc) is 2.78. The maximum atomic E-state index is 12.6. The van der Waals surface area contributed by atoms with E-state index < -0.39 is 0 Å². The molecule has 0 fully saturated rings. The number of amides is 1. The van der Waals surface area contributed by atoms with Gasteiger partial charge in [-0.1, -0.05) is 25.1 Å². The summed E-state index contributed by atoms with van der Waals surface area (Å²) in [6.45, 7) is 5.44. The van der Waals surface area contributed by atoms with Gasteiger partial charge >= 0.3 is 0 Å². The van der Waals surface area contributed by atoms with Gasteiger partial charge < -0.3 is 24.7 Å². The molecule has 1 amide bonds. The van der Waals surface area contributed by atoms with Gasteiger partial charge in [-0.25, -0.2) is 4.98 Å². The van der Waals surface area contributed by atoms with E-state index in [1.807, 2.05) is 31.2 Å². The Kier molecular flexibility index (Phi) is 7.25. The fourth-order valence-corrected chi connectivity index (χ4v) is 3.52. The molecule has 0 saturated carbocycles. The predicted molar refractivity (Wildman–Crippen MR) is 120 cm³/mol. The number of nitrogens with one attached hydrogen (secondary N) is 3. The highest BCUT2D eigenvalue weighted by Crippen LogP contribution is 2.29. The first-order chi connectivity index (χ1) is 15.0. The van der Waals surface area contributed by atoms with Crippen molar-refractivity contribution < 1.29 is 19.2 Å². The second-order valence-electron chi connectivity index (χ2n) is 7.25. The van der Waals surface area contributed by atoms with Crippen LogP contribution in [0.5, 0.6) is 11.5 Å². The van der Waals surface area contributed by atoms with E-state index in [4.69, 9.17) is 9.47 Å². The van der Waals surface area contributed by atoms with Crippen molar-refractivity contribution in [1.82, 2.24) is 9.97 Å².